The second-order valence-electron chi connectivity index (χ2n) is 10.9. The summed E-state index contributed by atoms with van der Waals surface area (Å²) in [6, 6.07) is 1.79. The first-order valence-corrected chi connectivity index (χ1v) is 12.9. The molecule has 10 heteroatoms. The lowest BCUT2D eigenvalue weighted by molar-refractivity contribution is -0.131. The molecule has 1 atom stereocenters. The zero-order valence-corrected chi connectivity index (χ0v) is 21.4. The van der Waals surface area contributed by atoms with Gasteiger partial charge < -0.3 is 14.2 Å². The first kappa shape index (κ1) is 24.0. The van der Waals surface area contributed by atoms with Gasteiger partial charge in [-0.1, -0.05) is 13.8 Å². The Labute approximate surface area is 206 Å². The van der Waals surface area contributed by atoms with Crippen molar-refractivity contribution in [2.45, 2.75) is 64.8 Å². The molecule has 0 N–H and O–H groups in total. The minimum Gasteiger partial charge on any atom is -0.423 e. The highest BCUT2D eigenvalue weighted by Crippen LogP contribution is 2.49. The van der Waals surface area contributed by atoms with Crippen molar-refractivity contribution in [3.63, 3.8) is 0 Å². The van der Waals surface area contributed by atoms with Crippen molar-refractivity contribution >= 4 is 11.8 Å². The summed E-state index contributed by atoms with van der Waals surface area (Å²) in [5.74, 6) is 1.60. The highest BCUT2D eigenvalue weighted by atomic mass is 16.4. The zero-order chi connectivity index (χ0) is 24.7. The number of rotatable bonds is 5. The summed E-state index contributed by atoms with van der Waals surface area (Å²) >= 11 is 0. The van der Waals surface area contributed by atoms with Crippen molar-refractivity contribution in [1.82, 2.24) is 34.7 Å². The van der Waals surface area contributed by atoms with Gasteiger partial charge in [-0.2, -0.15) is 5.10 Å². The number of likely N-dealkylation sites (tertiary alicyclic amines) is 3. The van der Waals surface area contributed by atoms with Gasteiger partial charge in [0.15, 0.2) is 5.69 Å². The van der Waals surface area contributed by atoms with Gasteiger partial charge in [-0.05, 0) is 50.5 Å². The lowest BCUT2D eigenvalue weighted by atomic mass is 9.76. The topological polar surface area (TPSA) is 101 Å². The molecule has 0 aromatic carbocycles. The maximum atomic E-state index is 13.0. The lowest BCUT2D eigenvalue weighted by Gasteiger charge is -2.39. The Morgan fingerprint density at radius 2 is 1.83 bits per heavy atom. The van der Waals surface area contributed by atoms with Crippen LogP contribution < -0.4 is 0 Å². The molecule has 10 nitrogen and oxygen atoms in total. The van der Waals surface area contributed by atoms with Gasteiger partial charge in [-0.3, -0.25) is 19.2 Å². The molecule has 2 aromatic heterocycles. The lowest BCUT2D eigenvalue weighted by Crippen LogP contribution is -2.45. The fourth-order valence-corrected chi connectivity index (χ4v) is 5.78. The largest absolute Gasteiger partial charge is 0.423 e. The Morgan fingerprint density at radius 3 is 2.43 bits per heavy atom. The minimum atomic E-state index is -0.0674. The molecule has 0 bridgehead atoms. The summed E-state index contributed by atoms with van der Waals surface area (Å²) in [4.78, 5) is 32.2. The number of nitrogens with zero attached hydrogens (tertiary/aromatic N) is 7. The first-order chi connectivity index (χ1) is 16.7. The van der Waals surface area contributed by atoms with E-state index in [1.165, 1.54) is 0 Å². The first-order valence-electron chi connectivity index (χ1n) is 12.9. The van der Waals surface area contributed by atoms with Crippen LogP contribution in [0.3, 0.4) is 0 Å². The molecule has 0 radical (unpaired) electrons. The van der Waals surface area contributed by atoms with Crippen LogP contribution >= 0.6 is 0 Å². The van der Waals surface area contributed by atoms with Crippen molar-refractivity contribution in [3.05, 3.63) is 29.2 Å². The summed E-state index contributed by atoms with van der Waals surface area (Å²) in [6.07, 6.45) is 4.81. The van der Waals surface area contributed by atoms with Gasteiger partial charge in [0.25, 0.3) is 5.91 Å². The Hall–Kier alpha value is -2.75. The quantitative estimate of drug-likeness (QED) is 0.644. The van der Waals surface area contributed by atoms with Crippen molar-refractivity contribution in [2.24, 2.45) is 12.5 Å². The Kier molecular flexibility index (Phi) is 6.41. The van der Waals surface area contributed by atoms with Crippen LogP contribution in [0.4, 0.5) is 0 Å². The molecular formula is C25H37N7O3. The molecule has 3 saturated heterocycles. The van der Waals surface area contributed by atoms with E-state index in [0.29, 0.717) is 37.1 Å². The van der Waals surface area contributed by atoms with Gasteiger partial charge in [0.1, 0.15) is 0 Å². The predicted octanol–water partition coefficient (Wildman–Crippen LogP) is 2.53. The molecule has 1 unspecified atom stereocenters. The van der Waals surface area contributed by atoms with E-state index in [4.69, 9.17) is 4.42 Å². The van der Waals surface area contributed by atoms with Gasteiger partial charge in [-0.15, -0.1) is 10.2 Å². The SMILES string of the molecule is Cc1cc(C(=O)N2CCC3(CC2)CC(c2nnc(C(C)C)o2)N(CC(=O)N2CCCC2)C3)nn1C. The van der Waals surface area contributed by atoms with Gasteiger partial charge >= 0.3 is 0 Å². The summed E-state index contributed by atoms with van der Waals surface area (Å²) < 4.78 is 7.81. The monoisotopic (exact) mass is 483 g/mol. The molecule has 5 heterocycles. The van der Waals surface area contributed by atoms with Gasteiger partial charge in [0.2, 0.25) is 17.7 Å². The Bertz CT molecular complexity index is 1060. The van der Waals surface area contributed by atoms with Crippen LogP contribution in [0.1, 0.15) is 85.9 Å². The smallest absolute Gasteiger partial charge is 0.274 e. The van der Waals surface area contributed by atoms with Gasteiger partial charge in [0, 0.05) is 51.4 Å². The summed E-state index contributed by atoms with van der Waals surface area (Å²) in [7, 11) is 1.86. The molecule has 2 aromatic rings. The number of hydrogen-bond donors (Lipinski definition) is 0. The van der Waals surface area contributed by atoms with Crippen LogP contribution in [0.5, 0.6) is 0 Å². The van der Waals surface area contributed by atoms with Gasteiger partial charge in [-0.25, -0.2) is 0 Å². The molecule has 3 aliphatic heterocycles. The molecule has 190 valence electrons. The van der Waals surface area contributed by atoms with E-state index < -0.39 is 0 Å². The third-order valence-electron chi connectivity index (χ3n) is 8.08. The standard InChI is InChI=1S/C25H37N7O3/c1-17(2)22-26-27-23(35-22)20-14-25(16-32(20)15-21(33)30-9-5-6-10-30)7-11-31(12-8-25)24(34)19-13-18(3)29(4)28-19/h13,17,20H,5-12,14-16H2,1-4H3. The van der Waals surface area contributed by atoms with E-state index in [1.54, 1.807) is 4.68 Å². The molecule has 1 spiro atoms. The van der Waals surface area contributed by atoms with Crippen LogP contribution in [0.15, 0.2) is 10.5 Å². The average Bonchev–Trinajstić information content (AvgIpc) is 3.62. The fraction of sp³-hybridized carbons (Fsp3) is 0.720. The molecule has 0 aliphatic carbocycles. The molecule has 3 fully saturated rings. The molecule has 35 heavy (non-hydrogen) atoms. The second kappa shape index (κ2) is 9.37. The number of amides is 2. The summed E-state index contributed by atoms with van der Waals surface area (Å²) in [5.41, 5.74) is 1.51. The Balaban J connectivity index is 1.31. The van der Waals surface area contributed by atoms with Crippen LogP contribution in [0, 0.1) is 12.3 Å². The zero-order valence-electron chi connectivity index (χ0n) is 21.4. The average molecular weight is 484 g/mol. The van der Waals surface area contributed by atoms with Crippen molar-refractivity contribution in [1.29, 1.82) is 0 Å². The summed E-state index contributed by atoms with van der Waals surface area (Å²) in [5, 5.41) is 13.0. The van der Waals surface area contributed by atoms with Gasteiger partial charge in [0.05, 0.1) is 12.6 Å². The Morgan fingerprint density at radius 1 is 1.11 bits per heavy atom. The normalized spacial score (nSPS) is 22.6. The van der Waals surface area contributed by atoms with Crippen molar-refractivity contribution < 1.29 is 14.0 Å². The maximum absolute atomic E-state index is 13.0. The van der Waals surface area contributed by atoms with E-state index in [-0.39, 0.29) is 29.2 Å². The van der Waals surface area contributed by atoms with Crippen LogP contribution in [0.2, 0.25) is 0 Å². The fourth-order valence-electron chi connectivity index (χ4n) is 5.78. The molecule has 2 amide bonds. The van der Waals surface area contributed by atoms with E-state index >= 15 is 0 Å². The number of aryl methyl sites for hydroxylation is 2. The van der Waals surface area contributed by atoms with E-state index in [9.17, 15) is 9.59 Å². The number of piperidine rings is 1. The number of carbonyl (C=O) groups excluding carboxylic acids is 2. The predicted molar refractivity (Wildman–Crippen MR) is 129 cm³/mol. The van der Waals surface area contributed by atoms with E-state index in [0.717, 1.165) is 57.4 Å². The second-order valence-corrected chi connectivity index (χ2v) is 10.9. The highest BCUT2D eigenvalue weighted by Gasteiger charge is 2.49. The summed E-state index contributed by atoms with van der Waals surface area (Å²) in [6.45, 7) is 10.3. The van der Waals surface area contributed by atoms with E-state index in [2.05, 4.69) is 20.2 Å². The van der Waals surface area contributed by atoms with Crippen LogP contribution in [-0.2, 0) is 11.8 Å². The van der Waals surface area contributed by atoms with E-state index in [1.807, 2.05) is 43.7 Å². The molecular weight excluding hydrogens is 446 g/mol. The third-order valence-corrected chi connectivity index (χ3v) is 8.08. The number of carbonyl (C=O) groups is 2. The highest BCUT2D eigenvalue weighted by molar-refractivity contribution is 5.92. The molecule has 0 saturated carbocycles. The molecule has 5 rings (SSSR count). The maximum Gasteiger partial charge on any atom is 0.274 e. The van der Waals surface area contributed by atoms with Crippen LogP contribution in [0.25, 0.3) is 0 Å². The van der Waals surface area contributed by atoms with Crippen LogP contribution in [-0.4, -0.2) is 85.8 Å². The number of aromatic nitrogens is 4. The van der Waals surface area contributed by atoms with Crippen molar-refractivity contribution in [2.75, 3.05) is 39.3 Å². The van der Waals surface area contributed by atoms with Crippen molar-refractivity contribution in [3.8, 4) is 0 Å². The number of hydrogen-bond acceptors (Lipinski definition) is 7. The minimum absolute atomic E-state index is 0.00218. The molecule has 3 aliphatic rings. The third kappa shape index (κ3) is 4.72.